The average Bonchev–Trinajstić information content (AvgIpc) is 3.25. The molecule has 0 saturated heterocycles. The molecule has 0 unspecified atom stereocenters. The van der Waals surface area contributed by atoms with E-state index in [2.05, 4.69) is 14.8 Å². The van der Waals surface area contributed by atoms with Gasteiger partial charge in [-0.3, -0.25) is 0 Å². The number of nitrogens with zero attached hydrogens (tertiary/aromatic N) is 3. The van der Waals surface area contributed by atoms with Gasteiger partial charge in [-0.15, -0.1) is 5.10 Å². The Hall–Kier alpha value is -2.58. The lowest BCUT2D eigenvalue weighted by molar-refractivity contribution is -0.190. The summed E-state index contributed by atoms with van der Waals surface area (Å²) in [5.74, 6) is 0.162. The Morgan fingerprint density at radius 1 is 1.32 bits per heavy atom. The van der Waals surface area contributed by atoms with Crippen LogP contribution in [-0.4, -0.2) is 40.6 Å². The number of ether oxygens (including phenoxy) is 2. The van der Waals surface area contributed by atoms with Crippen LogP contribution >= 0.6 is 0 Å². The van der Waals surface area contributed by atoms with E-state index in [4.69, 9.17) is 4.74 Å². The second kappa shape index (κ2) is 6.38. The number of halogens is 3. The molecule has 0 amide bonds. The van der Waals surface area contributed by atoms with E-state index >= 15 is 0 Å². The topological polar surface area (TPSA) is 66.2 Å². The Morgan fingerprint density at radius 3 is 2.64 bits per heavy atom. The highest BCUT2D eigenvalue weighted by atomic mass is 19.4. The molecule has 6 nitrogen and oxygen atoms in total. The molecule has 0 atom stereocenters. The van der Waals surface area contributed by atoms with E-state index in [0.717, 1.165) is 0 Å². The number of pyridine rings is 1. The van der Waals surface area contributed by atoms with Crippen LogP contribution in [0, 0.1) is 5.41 Å². The number of esters is 1. The minimum absolute atomic E-state index is 0.0504. The molecule has 0 N–H and O–H groups in total. The molecule has 2 aromatic rings. The Morgan fingerprint density at radius 2 is 2.08 bits per heavy atom. The van der Waals surface area contributed by atoms with Crippen molar-refractivity contribution in [2.24, 2.45) is 5.41 Å². The lowest BCUT2D eigenvalue weighted by Crippen LogP contribution is -2.26. The zero-order chi connectivity index (χ0) is 18.1. The van der Waals surface area contributed by atoms with Crippen LogP contribution in [0.4, 0.5) is 13.2 Å². The van der Waals surface area contributed by atoms with Gasteiger partial charge < -0.3 is 9.47 Å². The SMILES string of the molecule is COC(=O)c1ccc(-n2ccc(OCCC3(C(F)(F)F)CC3)n2)nc1. The zero-order valence-electron chi connectivity index (χ0n) is 13.4. The van der Waals surface area contributed by atoms with E-state index in [0.29, 0.717) is 11.4 Å². The summed E-state index contributed by atoms with van der Waals surface area (Å²) in [6.45, 7) is -0.0504. The number of carbonyl (C=O) groups excluding carboxylic acids is 1. The Labute approximate surface area is 141 Å². The van der Waals surface area contributed by atoms with Gasteiger partial charge in [-0.2, -0.15) is 13.2 Å². The van der Waals surface area contributed by atoms with Crippen molar-refractivity contribution in [2.75, 3.05) is 13.7 Å². The van der Waals surface area contributed by atoms with Crippen LogP contribution in [0.5, 0.6) is 5.88 Å². The Balaban J connectivity index is 1.58. The number of carbonyl (C=O) groups is 1. The van der Waals surface area contributed by atoms with Gasteiger partial charge in [-0.25, -0.2) is 14.5 Å². The number of methoxy groups -OCH3 is 1. The first-order valence-electron chi connectivity index (χ1n) is 7.65. The number of alkyl halides is 3. The molecule has 2 aromatic heterocycles. The van der Waals surface area contributed by atoms with Gasteiger partial charge in [-0.05, 0) is 31.4 Å². The quantitative estimate of drug-likeness (QED) is 0.745. The monoisotopic (exact) mass is 355 g/mol. The van der Waals surface area contributed by atoms with Crippen LogP contribution in [0.2, 0.25) is 0 Å². The lowest BCUT2D eigenvalue weighted by atomic mass is 10.0. The predicted octanol–water partition coefficient (Wildman–Crippen LogP) is 3.17. The number of aromatic nitrogens is 3. The van der Waals surface area contributed by atoms with Crippen molar-refractivity contribution in [1.82, 2.24) is 14.8 Å². The first-order chi connectivity index (χ1) is 11.8. The summed E-state index contributed by atoms with van der Waals surface area (Å²) in [6, 6.07) is 4.66. The Bertz CT molecular complexity index is 752. The van der Waals surface area contributed by atoms with E-state index < -0.39 is 17.6 Å². The average molecular weight is 355 g/mol. The van der Waals surface area contributed by atoms with Crippen molar-refractivity contribution in [2.45, 2.75) is 25.4 Å². The standard InChI is InChI=1S/C16H16F3N3O3/c1-24-14(23)11-2-3-12(20-10-11)22-8-4-13(21-22)25-9-7-15(5-6-15)16(17,18)19/h2-4,8,10H,5-7,9H2,1H3. The van der Waals surface area contributed by atoms with Crippen molar-refractivity contribution in [3.05, 3.63) is 36.2 Å². The van der Waals surface area contributed by atoms with Gasteiger partial charge in [-0.1, -0.05) is 0 Å². The molecule has 0 aromatic carbocycles. The molecule has 2 heterocycles. The number of rotatable bonds is 6. The maximum Gasteiger partial charge on any atom is 0.394 e. The van der Waals surface area contributed by atoms with Crippen molar-refractivity contribution in [1.29, 1.82) is 0 Å². The summed E-state index contributed by atoms with van der Waals surface area (Å²) in [5, 5.41) is 4.11. The van der Waals surface area contributed by atoms with E-state index in [1.165, 1.54) is 24.1 Å². The maximum absolute atomic E-state index is 12.8. The van der Waals surface area contributed by atoms with Crippen LogP contribution in [0.1, 0.15) is 29.6 Å². The largest absolute Gasteiger partial charge is 0.477 e. The highest BCUT2D eigenvalue weighted by Gasteiger charge is 2.62. The first kappa shape index (κ1) is 17.2. The molecule has 0 radical (unpaired) electrons. The molecule has 134 valence electrons. The summed E-state index contributed by atoms with van der Waals surface area (Å²) >= 11 is 0. The van der Waals surface area contributed by atoms with Gasteiger partial charge >= 0.3 is 12.1 Å². The lowest BCUT2D eigenvalue weighted by Gasteiger charge is -2.18. The summed E-state index contributed by atoms with van der Waals surface area (Å²) in [5.41, 5.74) is -1.28. The fourth-order valence-corrected chi connectivity index (χ4v) is 2.45. The van der Waals surface area contributed by atoms with Gasteiger partial charge in [0.05, 0.1) is 24.7 Å². The normalized spacial score (nSPS) is 15.7. The van der Waals surface area contributed by atoms with Gasteiger partial charge in [0, 0.05) is 18.5 Å². The van der Waals surface area contributed by atoms with Crippen LogP contribution in [-0.2, 0) is 4.74 Å². The van der Waals surface area contributed by atoms with E-state index in [9.17, 15) is 18.0 Å². The molecule has 3 rings (SSSR count). The fourth-order valence-electron chi connectivity index (χ4n) is 2.45. The fraction of sp³-hybridized carbons (Fsp3) is 0.438. The van der Waals surface area contributed by atoms with Crippen molar-refractivity contribution < 1.29 is 27.4 Å². The van der Waals surface area contributed by atoms with Crippen molar-refractivity contribution in [3.63, 3.8) is 0 Å². The number of hydrogen-bond acceptors (Lipinski definition) is 5. The second-order valence-electron chi connectivity index (χ2n) is 5.87. The van der Waals surface area contributed by atoms with Gasteiger partial charge in [0.15, 0.2) is 5.82 Å². The smallest absolute Gasteiger partial charge is 0.394 e. The van der Waals surface area contributed by atoms with E-state index in [1.54, 1.807) is 18.3 Å². The highest BCUT2D eigenvalue weighted by Crippen LogP contribution is 2.59. The van der Waals surface area contributed by atoms with Crippen LogP contribution in [0.25, 0.3) is 5.82 Å². The summed E-state index contributed by atoms with van der Waals surface area (Å²) < 4.78 is 49.9. The third-order valence-electron chi connectivity index (χ3n) is 4.25. The molecule has 25 heavy (non-hydrogen) atoms. The molecule has 1 saturated carbocycles. The zero-order valence-corrected chi connectivity index (χ0v) is 13.4. The molecule has 0 aliphatic heterocycles. The molecule has 1 aliphatic carbocycles. The first-order valence-corrected chi connectivity index (χ1v) is 7.65. The van der Waals surface area contributed by atoms with Crippen LogP contribution < -0.4 is 4.74 Å². The predicted molar refractivity (Wildman–Crippen MR) is 80.5 cm³/mol. The molecule has 1 fully saturated rings. The molecular weight excluding hydrogens is 339 g/mol. The minimum Gasteiger partial charge on any atom is -0.477 e. The second-order valence-corrected chi connectivity index (χ2v) is 5.87. The summed E-state index contributed by atoms with van der Waals surface area (Å²) in [7, 11) is 1.28. The highest BCUT2D eigenvalue weighted by molar-refractivity contribution is 5.88. The van der Waals surface area contributed by atoms with Gasteiger partial charge in [0.25, 0.3) is 0 Å². The van der Waals surface area contributed by atoms with E-state index in [-0.39, 0.29) is 31.7 Å². The van der Waals surface area contributed by atoms with Gasteiger partial charge in [0.2, 0.25) is 5.88 Å². The molecular formula is C16H16F3N3O3. The molecule has 0 spiro atoms. The minimum atomic E-state index is -4.18. The van der Waals surface area contributed by atoms with Crippen LogP contribution in [0.15, 0.2) is 30.6 Å². The van der Waals surface area contributed by atoms with Gasteiger partial charge in [0.1, 0.15) is 0 Å². The summed E-state index contributed by atoms with van der Waals surface area (Å²) in [6.07, 6.45) is -1.01. The van der Waals surface area contributed by atoms with Crippen molar-refractivity contribution >= 4 is 5.97 Å². The molecule has 0 bridgehead atoms. The van der Waals surface area contributed by atoms with Crippen LogP contribution in [0.3, 0.4) is 0 Å². The maximum atomic E-state index is 12.8. The van der Waals surface area contributed by atoms with Crippen molar-refractivity contribution in [3.8, 4) is 11.7 Å². The molecule has 9 heteroatoms. The third kappa shape index (κ3) is 3.59. The van der Waals surface area contributed by atoms with E-state index in [1.807, 2.05) is 0 Å². The number of hydrogen-bond donors (Lipinski definition) is 0. The molecule has 1 aliphatic rings. The third-order valence-corrected chi connectivity index (χ3v) is 4.25. The Kier molecular flexibility index (Phi) is 4.40. The summed E-state index contributed by atoms with van der Waals surface area (Å²) in [4.78, 5) is 15.4.